The first-order valence-corrected chi connectivity index (χ1v) is 4.70. The fourth-order valence-electron chi connectivity index (χ4n) is 1.25. The molecule has 0 spiro atoms. The third-order valence-electron chi connectivity index (χ3n) is 1.97. The van der Waals surface area contributed by atoms with Crippen LogP contribution < -0.4 is 4.74 Å². The van der Waals surface area contributed by atoms with Crippen LogP contribution in [0.15, 0.2) is 42.5 Å². The third kappa shape index (κ3) is 2.54. The summed E-state index contributed by atoms with van der Waals surface area (Å²) in [6.07, 6.45) is 0. The van der Waals surface area contributed by atoms with Crippen molar-refractivity contribution in [2.24, 2.45) is 0 Å². The lowest BCUT2D eigenvalue weighted by Gasteiger charge is -2.04. The van der Waals surface area contributed by atoms with Crippen LogP contribution in [-0.2, 0) is 0 Å². The van der Waals surface area contributed by atoms with Gasteiger partial charge in [0.15, 0.2) is 0 Å². The highest BCUT2D eigenvalue weighted by atomic mass is 19.1. The number of nitro benzene ring substituents is 1. The molecule has 0 N–H and O–H groups in total. The largest absolute Gasteiger partial charge is 0.432 e. The normalized spacial score (nSPS) is 9.94. The summed E-state index contributed by atoms with van der Waals surface area (Å²) >= 11 is 0. The first kappa shape index (κ1) is 11.0. The van der Waals surface area contributed by atoms with Gasteiger partial charge in [0.25, 0.3) is 0 Å². The number of nitro groups is 1. The lowest BCUT2D eigenvalue weighted by Crippen LogP contribution is -1.95. The molecule has 0 bridgehead atoms. The molecule has 0 saturated carbocycles. The summed E-state index contributed by atoms with van der Waals surface area (Å²) in [5, 5.41) is 10.7. The molecule has 0 aliphatic rings. The minimum Gasteiger partial charge on any atom is -0.432 e. The standard InChI is InChI=1S/C11H7FN2O3/c12-10-6-3-7-11(13-10)17-9-5-2-1-4-8(9)14(15)16/h1-7H. The Morgan fingerprint density at radius 3 is 2.65 bits per heavy atom. The van der Waals surface area contributed by atoms with E-state index in [1.807, 2.05) is 0 Å². The van der Waals surface area contributed by atoms with Crippen LogP contribution in [0, 0.1) is 16.1 Å². The molecule has 2 aromatic rings. The van der Waals surface area contributed by atoms with Gasteiger partial charge in [-0.15, -0.1) is 0 Å². The Morgan fingerprint density at radius 1 is 1.18 bits per heavy atom. The first-order chi connectivity index (χ1) is 8.16. The Hall–Kier alpha value is -2.50. The summed E-state index contributed by atoms with van der Waals surface area (Å²) in [5.41, 5.74) is -0.196. The van der Waals surface area contributed by atoms with Crippen LogP contribution in [0.5, 0.6) is 11.6 Å². The van der Waals surface area contributed by atoms with E-state index in [1.165, 1.54) is 30.3 Å². The monoisotopic (exact) mass is 234 g/mol. The summed E-state index contributed by atoms with van der Waals surface area (Å²) in [7, 11) is 0. The average molecular weight is 234 g/mol. The van der Waals surface area contributed by atoms with E-state index >= 15 is 0 Å². The van der Waals surface area contributed by atoms with E-state index in [9.17, 15) is 14.5 Å². The Kier molecular flexibility index (Phi) is 2.95. The Labute approximate surface area is 95.6 Å². The van der Waals surface area contributed by atoms with E-state index in [4.69, 9.17) is 4.74 Å². The second-order valence-electron chi connectivity index (χ2n) is 3.13. The minimum atomic E-state index is -0.707. The molecular formula is C11H7FN2O3. The maximum Gasteiger partial charge on any atom is 0.311 e. The molecule has 0 atom stereocenters. The molecule has 0 aliphatic carbocycles. The zero-order valence-electron chi connectivity index (χ0n) is 8.54. The van der Waals surface area contributed by atoms with E-state index in [1.54, 1.807) is 6.07 Å². The van der Waals surface area contributed by atoms with E-state index < -0.39 is 10.9 Å². The molecule has 0 amide bonds. The molecule has 5 nitrogen and oxygen atoms in total. The van der Waals surface area contributed by atoms with E-state index in [2.05, 4.69) is 4.98 Å². The molecule has 0 radical (unpaired) electrons. The summed E-state index contributed by atoms with van der Waals surface area (Å²) in [5.74, 6) is -0.712. The minimum absolute atomic E-state index is 0.0237. The van der Waals surface area contributed by atoms with Crippen molar-refractivity contribution >= 4 is 5.69 Å². The zero-order chi connectivity index (χ0) is 12.3. The maximum atomic E-state index is 12.8. The number of benzene rings is 1. The van der Waals surface area contributed by atoms with Gasteiger partial charge in [-0.3, -0.25) is 10.1 Å². The second kappa shape index (κ2) is 4.56. The van der Waals surface area contributed by atoms with Crippen molar-refractivity contribution in [1.29, 1.82) is 0 Å². The van der Waals surface area contributed by atoms with Gasteiger partial charge in [-0.1, -0.05) is 18.2 Å². The van der Waals surface area contributed by atoms with Crippen molar-refractivity contribution in [2.75, 3.05) is 0 Å². The van der Waals surface area contributed by atoms with Gasteiger partial charge >= 0.3 is 5.69 Å². The SMILES string of the molecule is O=[N+]([O-])c1ccccc1Oc1cccc(F)n1. The topological polar surface area (TPSA) is 65.3 Å². The Morgan fingerprint density at radius 2 is 1.94 bits per heavy atom. The highest BCUT2D eigenvalue weighted by Crippen LogP contribution is 2.29. The Bertz CT molecular complexity index is 560. The second-order valence-corrected chi connectivity index (χ2v) is 3.13. The molecule has 1 aromatic carbocycles. The van der Waals surface area contributed by atoms with Crippen molar-refractivity contribution in [3.8, 4) is 11.6 Å². The van der Waals surface area contributed by atoms with Crippen LogP contribution in [0.25, 0.3) is 0 Å². The predicted molar refractivity (Wildman–Crippen MR) is 57.4 cm³/mol. The number of nitrogens with zero attached hydrogens (tertiary/aromatic N) is 2. The fourth-order valence-corrected chi connectivity index (χ4v) is 1.25. The summed E-state index contributed by atoms with van der Waals surface area (Å²) < 4.78 is 18.0. The van der Waals surface area contributed by atoms with Crippen LogP contribution in [0.1, 0.15) is 0 Å². The van der Waals surface area contributed by atoms with E-state index in [0.717, 1.165) is 6.07 Å². The molecule has 17 heavy (non-hydrogen) atoms. The predicted octanol–water partition coefficient (Wildman–Crippen LogP) is 2.92. The molecule has 2 rings (SSSR count). The van der Waals surface area contributed by atoms with Crippen molar-refractivity contribution in [3.63, 3.8) is 0 Å². The van der Waals surface area contributed by atoms with Crippen LogP contribution in [0.4, 0.5) is 10.1 Å². The highest BCUT2D eigenvalue weighted by molar-refractivity contribution is 5.47. The van der Waals surface area contributed by atoms with Gasteiger partial charge in [0.1, 0.15) is 0 Å². The van der Waals surface area contributed by atoms with E-state index in [0.29, 0.717) is 0 Å². The Balaban J connectivity index is 2.33. The number of hydrogen-bond donors (Lipinski definition) is 0. The number of halogens is 1. The van der Waals surface area contributed by atoms with Crippen LogP contribution in [0.2, 0.25) is 0 Å². The smallest absolute Gasteiger partial charge is 0.311 e. The number of pyridine rings is 1. The summed E-state index contributed by atoms with van der Waals surface area (Å²) in [6, 6.07) is 9.81. The highest BCUT2D eigenvalue weighted by Gasteiger charge is 2.14. The molecular weight excluding hydrogens is 227 g/mol. The van der Waals surface area contributed by atoms with Gasteiger partial charge in [0.2, 0.25) is 17.6 Å². The van der Waals surface area contributed by atoms with Gasteiger partial charge < -0.3 is 4.74 Å². The molecule has 86 valence electrons. The van der Waals surface area contributed by atoms with Gasteiger partial charge in [-0.25, -0.2) is 0 Å². The molecule has 0 fully saturated rings. The molecule has 0 saturated heterocycles. The molecule has 1 heterocycles. The van der Waals surface area contributed by atoms with Gasteiger partial charge in [-0.2, -0.15) is 9.37 Å². The summed E-state index contributed by atoms with van der Waals surface area (Å²) in [6.45, 7) is 0. The number of para-hydroxylation sites is 2. The van der Waals surface area contributed by atoms with Gasteiger partial charge in [-0.05, 0) is 12.1 Å². The fraction of sp³-hybridized carbons (Fsp3) is 0. The van der Waals surface area contributed by atoms with Crippen LogP contribution in [-0.4, -0.2) is 9.91 Å². The van der Waals surface area contributed by atoms with Crippen molar-refractivity contribution in [2.45, 2.75) is 0 Å². The van der Waals surface area contributed by atoms with E-state index in [-0.39, 0.29) is 17.3 Å². The van der Waals surface area contributed by atoms with Crippen molar-refractivity contribution in [3.05, 3.63) is 58.5 Å². The number of hydrogen-bond acceptors (Lipinski definition) is 4. The first-order valence-electron chi connectivity index (χ1n) is 4.70. The number of rotatable bonds is 3. The molecule has 0 unspecified atom stereocenters. The average Bonchev–Trinajstić information content (AvgIpc) is 2.29. The van der Waals surface area contributed by atoms with Gasteiger partial charge in [0, 0.05) is 12.1 Å². The zero-order valence-corrected chi connectivity index (χ0v) is 8.54. The van der Waals surface area contributed by atoms with Crippen molar-refractivity contribution in [1.82, 2.24) is 4.98 Å². The molecule has 1 aromatic heterocycles. The lowest BCUT2D eigenvalue weighted by atomic mass is 10.3. The van der Waals surface area contributed by atoms with Crippen LogP contribution in [0.3, 0.4) is 0 Å². The summed E-state index contributed by atoms with van der Waals surface area (Å²) in [4.78, 5) is 13.6. The van der Waals surface area contributed by atoms with Gasteiger partial charge in [0.05, 0.1) is 4.92 Å². The third-order valence-corrected chi connectivity index (χ3v) is 1.97. The molecule has 0 aliphatic heterocycles. The number of ether oxygens (including phenoxy) is 1. The maximum absolute atomic E-state index is 12.8. The number of aromatic nitrogens is 1. The lowest BCUT2D eigenvalue weighted by molar-refractivity contribution is -0.385. The quantitative estimate of drug-likeness (QED) is 0.465. The molecule has 6 heteroatoms. The van der Waals surface area contributed by atoms with Crippen LogP contribution >= 0.6 is 0 Å². The van der Waals surface area contributed by atoms with Crippen molar-refractivity contribution < 1.29 is 14.1 Å².